The molecule has 2 fully saturated rings. The monoisotopic (exact) mass is 471 g/mol. The lowest BCUT2D eigenvalue weighted by molar-refractivity contribution is 0.0389. The molecule has 33 heavy (non-hydrogen) atoms. The summed E-state index contributed by atoms with van der Waals surface area (Å²) in [5.41, 5.74) is 8.42. The number of fused-ring (bicyclic) bond motifs is 1. The minimum atomic E-state index is 0.241. The van der Waals surface area contributed by atoms with Gasteiger partial charge in [0, 0.05) is 69.3 Å². The van der Waals surface area contributed by atoms with Crippen molar-refractivity contribution in [1.29, 1.82) is 0 Å². The molecule has 12 heteroatoms. The Morgan fingerprint density at radius 3 is 2.42 bits per heavy atom. The summed E-state index contributed by atoms with van der Waals surface area (Å²) >= 11 is 5.77. The standard InChI is InChI=1S/C21H29N9O2S/c22-19-24-13-15(14-25-19)17-16-1-3-30(21(33)23-2-4-28-5-9-31-10-6-28)18(16)27-20(26-17)29-7-11-32-12-8-29/h13-14H,1-12H2,(H,23,33)(H2,22,24,25). The smallest absolute Gasteiger partial charge is 0.228 e. The maximum Gasteiger partial charge on any atom is 0.228 e. The average Bonchev–Trinajstić information content (AvgIpc) is 3.29. The molecule has 2 aromatic heterocycles. The van der Waals surface area contributed by atoms with Gasteiger partial charge in [0.1, 0.15) is 5.82 Å². The molecule has 3 aliphatic heterocycles. The van der Waals surface area contributed by atoms with Crippen LogP contribution in [0, 0.1) is 0 Å². The Morgan fingerprint density at radius 2 is 1.70 bits per heavy atom. The SMILES string of the molecule is Nc1ncc(-c2nc(N3CCOCC3)nc3c2CCN3C(=S)NCCN2CCOCC2)cn1. The zero-order valence-electron chi connectivity index (χ0n) is 18.6. The number of aromatic nitrogens is 4. The molecule has 176 valence electrons. The molecular formula is C21H29N9O2S. The van der Waals surface area contributed by atoms with E-state index in [9.17, 15) is 0 Å². The summed E-state index contributed by atoms with van der Waals surface area (Å²) in [6, 6.07) is 0. The van der Waals surface area contributed by atoms with Crippen LogP contribution in [0.3, 0.4) is 0 Å². The normalized spacial score (nSPS) is 18.9. The fourth-order valence-corrected chi connectivity index (χ4v) is 4.57. The highest BCUT2D eigenvalue weighted by molar-refractivity contribution is 7.80. The highest BCUT2D eigenvalue weighted by Gasteiger charge is 2.30. The van der Waals surface area contributed by atoms with Gasteiger partial charge in [0.05, 0.1) is 32.1 Å². The van der Waals surface area contributed by atoms with E-state index in [1.807, 2.05) is 0 Å². The minimum absolute atomic E-state index is 0.241. The van der Waals surface area contributed by atoms with Crippen molar-refractivity contribution in [3.05, 3.63) is 18.0 Å². The number of nitrogens with zero attached hydrogens (tertiary/aromatic N) is 7. The van der Waals surface area contributed by atoms with Gasteiger partial charge < -0.3 is 30.3 Å². The molecule has 0 radical (unpaired) electrons. The first-order chi connectivity index (χ1) is 16.2. The van der Waals surface area contributed by atoms with Gasteiger partial charge in [0.25, 0.3) is 0 Å². The summed E-state index contributed by atoms with van der Waals surface area (Å²) < 4.78 is 10.9. The number of thiocarbonyl (C=S) groups is 1. The molecule has 0 bridgehead atoms. The maximum atomic E-state index is 5.77. The van der Waals surface area contributed by atoms with E-state index in [2.05, 4.69) is 30.0 Å². The van der Waals surface area contributed by atoms with Crippen LogP contribution >= 0.6 is 12.2 Å². The van der Waals surface area contributed by atoms with Crippen molar-refractivity contribution in [2.24, 2.45) is 0 Å². The van der Waals surface area contributed by atoms with Crippen molar-refractivity contribution in [2.45, 2.75) is 6.42 Å². The van der Waals surface area contributed by atoms with Crippen molar-refractivity contribution in [1.82, 2.24) is 30.2 Å². The van der Waals surface area contributed by atoms with E-state index in [1.165, 1.54) is 0 Å². The van der Waals surface area contributed by atoms with Gasteiger partial charge in [-0.25, -0.2) is 15.0 Å². The van der Waals surface area contributed by atoms with Crippen molar-refractivity contribution < 1.29 is 9.47 Å². The molecule has 3 N–H and O–H groups in total. The van der Waals surface area contributed by atoms with Gasteiger partial charge in [-0.2, -0.15) is 4.98 Å². The Bertz CT molecular complexity index is 978. The first-order valence-electron chi connectivity index (χ1n) is 11.4. The Morgan fingerprint density at radius 1 is 1.00 bits per heavy atom. The molecule has 0 atom stereocenters. The summed E-state index contributed by atoms with van der Waals surface area (Å²) in [7, 11) is 0. The van der Waals surface area contributed by atoms with E-state index in [0.717, 1.165) is 88.1 Å². The molecule has 0 amide bonds. The Hall–Kier alpha value is -2.67. The van der Waals surface area contributed by atoms with Crippen molar-refractivity contribution in [2.75, 3.05) is 87.8 Å². The third-order valence-corrected chi connectivity index (χ3v) is 6.47. The van der Waals surface area contributed by atoms with Gasteiger partial charge in [-0.3, -0.25) is 4.90 Å². The lowest BCUT2D eigenvalue weighted by atomic mass is 10.1. The van der Waals surface area contributed by atoms with Crippen LogP contribution in [0.15, 0.2) is 12.4 Å². The van der Waals surface area contributed by atoms with Crippen molar-refractivity contribution >= 4 is 35.0 Å². The fourth-order valence-electron chi connectivity index (χ4n) is 4.29. The van der Waals surface area contributed by atoms with Gasteiger partial charge in [-0.15, -0.1) is 0 Å². The second kappa shape index (κ2) is 10.1. The summed E-state index contributed by atoms with van der Waals surface area (Å²) in [6.07, 6.45) is 4.23. The van der Waals surface area contributed by atoms with E-state index >= 15 is 0 Å². The summed E-state index contributed by atoms with van der Waals surface area (Å²) in [4.78, 5) is 24.8. The number of nitrogens with two attached hydrogens (primary N) is 1. The predicted molar refractivity (Wildman–Crippen MR) is 129 cm³/mol. The van der Waals surface area contributed by atoms with Crippen LogP contribution in [0.25, 0.3) is 11.3 Å². The van der Waals surface area contributed by atoms with E-state index < -0.39 is 0 Å². The molecule has 0 aromatic carbocycles. The Balaban J connectivity index is 1.38. The quantitative estimate of drug-likeness (QED) is 0.568. The largest absolute Gasteiger partial charge is 0.379 e. The third-order valence-electron chi connectivity index (χ3n) is 6.11. The lowest BCUT2D eigenvalue weighted by Crippen LogP contribution is -2.45. The molecule has 0 saturated carbocycles. The number of ether oxygens (including phenoxy) is 2. The second-order valence-electron chi connectivity index (χ2n) is 8.19. The van der Waals surface area contributed by atoms with E-state index in [0.29, 0.717) is 24.3 Å². The van der Waals surface area contributed by atoms with Gasteiger partial charge in [-0.1, -0.05) is 0 Å². The van der Waals surface area contributed by atoms with Crippen molar-refractivity contribution in [3.63, 3.8) is 0 Å². The molecule has 11 nitrogen and oxygen atoms in total. The Kier molecular flexibility index (Phi) is 6.76. The predicted octanol–water partition coefficient (Wildman–Crippen LogP) is -0.0784. The van der Waals surface area contributed by atoms with Gasteiger partial charge in [0.2, 0.25) is 11.9 Å². The van der Waals surface area contributed by atoms with Crippen LogP contribution < -0.4 is 20.9 Å². The van der Waals surface area contributed by atoms with Crippen molar-refractivity contribution in [3.8, 4) is 11.3 Å². The first-order valence-corrected chi connectivity index (χ1v) is 11.8. The molecule has 3 aliphatic rings. The van der Waals surface area contributed by atoms with E-state index in [1.54, 1.807) is 12.4 Å². The topological polar surface area (TPSA) is 118 Å². The van der Waals surface area contributed by atoms with Crippen LogP contribution in [0.1, 0.15) is 5.56 Å². The number of morpholine rings is 2. The number of hydrogen-bond acceptors (Lipinski definition) is 10. The van der Waals surface area contributed by atoms with Gasteiger partial charge in [-0.05, 0) is 18.6 Å². The van der Waals surface area contributed by atoms with E-state index in [-0.39, 0.29) is 5.95 Å². The summed E-state index contributed by atoms with van der Waals surface area (Å²) in [6.45, 7) is 8.80. The first kappa shape index (κ1) is 22.1. The highest BCUT2D eigenvalue weighted by Crippen LogP contribution is 2.35. The van der Waals surface area contributed by atoms with Crippen LogP contribution in [0.2, 0.25) is 0 Å². The van der Waals surface area contributed by atoms with Gasteiger partial charge in [0.15, 0.2) is 5.11 Å². The highest BCUT2D eigenvalue weighted by atomic mass is 32.1. The number of anilines is 3. The number of rotatable bonds is 5. The average molecular weight is 472 g/mol. The summed E-state index contributed by atoms with van der Waals surface area (Å²) in [5.74, 6) is 1.76. The molecule has 2 saturated heterocycles. The Labute approximate surface area is 198 Å². The number of hydrogen-bond donors (Lipinski definition) is 2. The van der Waals surface area contributed by atoms with Crippen LogP contribution in [0.4, 0.5) is 17.7 Å². The summed E-state index contributed by atoms with van der Waals surface area (Å²) in [5, 5.41) is 4.11. The maximum absolute atomic E-state index is 5.77. The fraction of sp³-hybridized carbons (Fsp3) is 0.571. The molecule has 2 aromatic rings. The molecule has 0 unspecified atom stereocenters. The zero-order valence-corrected chi connectivity index (χ0v) is 19.4. The minimum Gasteiger partial charge on any atom is -0.379 e. The molecule has 0 spiro atoms. The number of nitrogens with one attached hydrogen (secondary N) is 1. The van der Waals surface area contributed by atoms with Gasteiger partial charge >= 0.3 is 0 Å². The van der Waals surface area contributed by atoms with Crippen LogP contribution in [-0.4, -0.2) is 102 Å². The van der Waals surface area contributed by atoms with Crippen LogP contribution in [0.5, 0.6) is 0 Å². The molecule has 5 heterocycles. The molecular weight excluding hydrogens is 442 g/mol. The lowest BCUT2D eigenvalue weighted by Gasteiger charge is -2.29. The number of nitrogen functional groups attached to an aromatic ring is 1. The zero-order chi connectivity index (χ0) is 22.6. The molecule has 5 rings (SSSR count). The van der Waals surface area contributed by atoms with Crippen LogP contribution in [-0.2, 0) is 15.9 Å². The molecule has 0 aliphatic carbocycles. The van der Waals surface area contributed by atoms with E-state index in [4.69, 9.17) is 37.4 Å². The second-order valence-corrected chi connectivity index (χ2v) is 8.58. The third kappa shape index (κ3) is 4.98.